The molecule has 3 rings (SSSR count). The van der Waals surface area contributed by atoms with E-state index in [0.29, 0.717) is 42.7 Å². The number of hydrogen-bond acceptors (Lipinski definition) is 8. The molecule has 0 atom stereocenters. The van der Waals surface area contributed by atoms with Crippen LogP contribution in [-0.4, -0.2) is 33.5 Å². The van der Waals surface area contributed by atoms with Gasteiger partial charge in [0.25, 0.3) is 5.91 Å². The summed E-state index contributed by atoms with van der Waals surface area (Å²) in [5.74, 6) is -0.387. The molecule has 0 aromatic carbocycles. The Morgan fingerprint density at radius 3 is 2.93 bits per heavy atom. The van der Waals surface area contributed by atoms with Gasteiger partial charge in [-0.05, 0) is 31.7 Å². The molecule has 3 heterocycles. The quantitative estimate of drug-likeness (QED) is 0.675. The lowest BCUT2D eigenvalue weighted by Crippen LogP contribution is -2.34. The van der Waals surface area contributed by atoms with Gasteiger partial charge in [0.1, 0.15) is 17.9 Å². The van der Waals surface area contributed by atoms with Crippen molar-refractivity contribution in [3.63, 3.8) is 0 Å². The number of carbonyl (C=O) groups excluding carboxylic acids is 2. The topological polar surface area (TPSA) is 128 Å². The minimum atomic E-state index is -0.542. The fourth-order valence-electron chi connectivity index (χ4n) is 2.77. The van der Waals surface area contributed by atoms with E-state index in [1.54, 1.807) is 13.1 Å². The van der Waals surface area contributed by atoms with Gasteiger partial charge in [-0.3, -0.25) is 9.59 Å². The second-order valence-corrected chi connectivity index (χ2v) is 5.92. The first-order chi connectivity index (χ1) is 13.0. The molecule has 0 spiro atoms. The molecule has 0 saturated carbocycles. The van der Waals surface area contributed by atoms with Gasteiger partial charge in [0, 0.05) is 12.3 Å². The van der Waals surface area contributed by atoms with Crippen molar-refractivity contribution in [2.45, 2.75) is 32.7 Å². The highest BCUT2D eigenvalue weighted by Crippen LogP contribution is 2.24. The van der Waals surface area contributed by atoms with Gasteiger partial charge in [0.2, 0.25) is 5.88 Å². The van der Waals surface area contributed by atoms with Crippen LogP contribution in [0.5, 0.6) is 0 Å². The van der Waals surface area contributed by atoms with Crippen LogP contribution in [0.2, 0.25) is 0 Å². The molecule has 0 aliphatic carbocycles. The van der Waals surface area contributed by atoms with E-state index < -0.39 is 5.63 Å². The number of aromatic nitrogens is 3. The number of carbonyl (C=O) groups is 2. The van der Waals surface area contributed by atoms with E-state index in [4.69, 9.17) is 9.15 Å². The lowest BCUT2D eigenvalue weighted by molar-refractivity contribution is -0.144. The molecule has 1 amide bonds. The molecule has 1 aliphatic rings. The Hall–Kier alpha value is -3.43. The summed E-state index contributed by atoms with van der Waals surface area (Å²) in [6.45, 7) is 5.65. The Bertz CT molecular complexity index is 945. The Labute approximate surface area is 154 Å². The van der Waals surface area contributed by atoms with Crippen LogP contribution in [0, 0.1) is 0 Å². The van der Waals surface area contributed by atoms with E-state index in [1.165, 1.54) is 10.7 Å². The summed E-state index contributed by atoms with van der Waals surface area (Å²) < 4.78 is 11.3. The van der Waals surface area contributed by atoms with Crippen LogP contribution < -0.4 is 16.3 Å². The number of nitrogens with zero attached hydrogens (tertiary/aromatic N) is 3. The van der Waals surface area contributed by atoms with Gasteiger partial charge in [-0.1, -0.05) is 11.8 Å². The van der Waals surface area contributed by atoms with Crippen molar-refractivity contribution in [1.29, 1.82) is 0 Å². The second-order valence-electron chi connectivity index (χ2n) is 5.92. The maximum atomic E-state index is 12.2. The Kier molecular flexibility index (Phi) is 5.34. The molecular weight excluding hydrogens is 354 g/mol. The van der Waals surface area contributed by atoms with E-state index in [1.807, 2.05) is 0 Å². The number of fused-ring (bicyclic) bond motifs is 1. The summed E-state index contributed by atoms with van der Waals surface area (Å²) >= 11 is 0. The predicted molar refractivity (Wildman–Crippen MR) is 93.9 cm³/mol. The lowest BCUT2D eigenvalue weighted by atomic mass is 10.0. The number of amides is 1. The molecule has 27 heavy (non-hydrogen) atoms. The summed E-state index contributed by atoms with van der Waals surface area (Å²) in [5, 5.41) is 13.2. The summed E-state index contributed by atoms with van der Waals surface area (Å²) in [5.41, 5.74) is 1.04. The molecule has 0 saturated heterocycles. The highest BCUT2D eigenvalue weighted by molar-refractivity contribution is 6.03. The average molecular weight is 373 g/mol. The first-order valence-electron chi connectivity index (χ1n) is 8.45. The first kappa shape index (κ1) is 18.4. The number of aryl methyl sites for hydroxylation is 2. The zero-order chi connectivity index (χ0) is 19.4. The number of rotatable bonds is 7. The Balaban J connectivity index is 1.64. The predicted octanol–water partition coefficient (Wildman–Crippen LogP) is 0.596. The van der Waals surface area contributed by atoms with Gasteiger partial charge in [-0.15, -0.1) is 5.10 Å². The third kappa shape index (κ3) is 4.40. The number of esters is 1. The standard InChI is InChI=1S/C17H19N5O5/c1-3-26-14(24)9-22-8-12(20-21-22)6-4-5-11-7-13(23)27-17-15(11)16(25)18-10(2)19-17/h7-8,19H,2-6,9H2,1H3,(H,18,25). The number of ether oxygens (including phenoxy) is 1. The van der Waals surface area contributed by atoms with Crippen molar-refractivity contribution < 1.29 is 18.7 Å². The third-order valence-corrected chi connectivity index (χ3v) is 3.86. The highest BCUT2D eigenvalue weighted by Gasteiger charge is 2.25. The normalized spacial score (nSPS) is 12.9. The monoisotopic (exact) mass is 373 g/mol. The summed E-state index contributed by atoms with van der Waals surface area (Å²) in [6, 6.07) is 1.31. The molecule has 0 fully saturated rings. The average Bonchev–Trinajstić information content (AvgIpc) is 3.01. The SMILES string of the molecule is C=C1NC(=O)c2c(CCCc3cn(CC(=O)OCC)nn3)cc(=O)oc2N1. The Morgan fingerprint density at radius 2 is 2.15 bits per heavy atom. The molecule has 1 aliphatic heterocycles. The van der Waals surface area contributed by atoms with Gasteiger partial charge >= 0.3 is 11.6 Å². The van der Waals surface area contributed by atoms with E-state index in [0.717, 1.165) is 0 Å². The van der Waals surface area contributed by atoms with Crippen LogP contribution in [0.3, 0.4) is 0 Å². The zero-order valence-corrected chi connectivity index (χ0v) is 14.8. The van der Waals surface area contributed by atoms with Crippen LogP contribution in [0.25, 0.3) is 0 Å². The molecule has 142 valence electrons. The van der Waals surface area contributed by atoms with Gasteiger partial charge in [0.15, 0.2) is 0 Å². The Morgan fingerprint density at radius 1 is 1.33 bits per heavy atom. The van der Waals surface area contributed by atoms with Crippen molar-refractivity contribution in [2.75, 3.05) is 11.9 Å². The van der Waals surface area contributed by atoms with Crippen molar-refractivity contribution in [3.8, 4) is 0 Å². The van der Waals surface area contributed by atoms with E-state index >= 15 is 0 Å². The fraction of sp³-hybridized carbons (Fsp3) is 0.353. The van der Waals surface area contributed by atoms with Crippen LogP contribution in [0.15, 0.2) is 33.9 Å². The van der Waals surface area contributed by atoms with Crippen molar-refractivity contribution in [1.82, 2.24) is 20.3 Å². The largest absolute Gasteiger partial charge is 0.465 e. The van der Waals surface area contributed by atoms with E-state index in [9.17, 15) is 14.4 Å². The molecule has 2 aromatic heterocycles. The van der Waals surface area contributed by atoms with Gasteiger partial charge in [-0.25, -0.2) is 9.48 Å². The van der Waals surface area contributed by atoms with Crippen LogP contribution in [0.1, 0.15) is 35.0 Å². The zero-order valence-electron chi connectivity index (χ0n) is 14.8. The summed E-state index contributed by atoms with van der Waals surface area (Å²) in [6.07, 6.45) is 3.34. The van der Waals surface area contributed by atoms with Crippen molar-refractivity contribution >= 4 is 17.8 Å². The molecule has 10 nitrogen and oxygen atoms in total. The number of nitrogens with one attached hydrogen (secondary N) is 2. The van der Waals surface area contributed by atoms with Crippen LogP contribution in [0.4, 0.5) is 5.88 Å². The second kappa shape index (κ2) is 7.85. The molecule has 2 N–H and O–H groups in total. The van der Waals surface area contributed by atoms with E-state index in [2.05, 4.69) is 27.5 Å². The van der Waals surface area contributed by atoms with Crippen molar-refractivity contribution in [2.24, 2.45) is 0 Å². The molecular formula is C17H19N5O5. The maximum absolute atomic E-state index is 12.2. The van der Waals surface area contributed by atoms with E-state index in [-0.39, 0.29) is 30.1 Å². The summed E-state index contributed by atoms with van der Waals surface area (Å²) in [7, 11) is 0. The maximum Gasteiger partial charge on any atom is 0.337 e. The fourth-order valence-corrected chi connectivity index (χ4v) is 2.77. The van der Waals surface area contributed by atoms with Crippen molar-refractivity contribution in [3.05, 3.63) is 51.9 Å². The minimum absolute atomic E-state index is 0.00378. The van der Waals surface area contributed by atoms with Crippen LogP contribution >= 0.6 is 0 Å². The van der Waals surface area contributed by atoms with Gasteiger partial charge in [0.05, 0.1) is 12.3 Å². The van der Waals surface area contributed by atoms with Crippen LogP contribution in [-0.2, 0) is 28.9 Å². The first-order valence-corrected chi connectivity index (χ1v) is 8.45. The number of anilines is 1. The minimum Gasteiger partial charge on any atom is -0.465 e. The smallest absolute Gasteiger partial charge is 0.337 e. The molecule has 0 radical (unpaired) electrons. The third-order valence-electron chi connectivity index (χ3n) is 3.86. The van der Waals surface area contributed by atoms with Gasteiger partial charge in [-0.2, -0.15) is 0 Å². The highest BCUT2D eigenvalue weighted by atomic mass is 16.5. The van der Waals surface area contributed by atoms with Gasteiger partial charge < -0.3 is 19.8 Å². The number of hydrogen-bond donors (Lipinski definition) is 2. The summed E-state index contributed by atoms with van der Waals surface area (Å²) in [4.78, 5) is 35.4. The molecule has 2 aromatic rings. The molecule has 0 bridgehead atoms. The molecule has 0 unspecified atom stereocenters. The lowest BCUT2D eigenvalue weighted by Gasteiger charge is -2.20. The molecule has 10 heteroatoms.